The highest BCUT2D eigenvalue weighted by atomic mass is 15.2. The van der Waals surface area contributed by atoms with Gasteiger partial charge in [0.15, 0.2) is 0 Å². The quantitative estimate of drug-likeness (QED) is 0.799. The summed E-state index contributed by atoms with van der Waals surface area (Å²) in [6.07, 6.45) is 9.20. The second-order valence-corrected chi connectivity index (χ2v) is 5.99. The first-order valence-corrected chi connectivity index (χ1v) is 8.32. The van der Waals surface area contributed by atoms with Crippen LogP contribution in [0, 0.1) is 0 Å². The van der Waals surface area contributed by atoms with E-state index >= 15 is 0 Å². The Morgan fingerprint density at radius 2 is 2.21 bits per heavy atom. The maximum Gasteiger partial charge on any atom is 0.128 e. The van der Waals surface area contributed by atoms with E-state index < -0.39 is 0 Å². The van der Waals surface area contributed by atoms with E-state index in [0.717, 1.165) is 48.7 Å². The largest absolute Gasteiger partial charge is 0.348 e. The lowest BCUT2D eigenvalue weighted by Gasteiger charge is -2.34. The van der Waals surface area contributed by atoms with Crippen molar-refractivity contribution in [2.45, 2.75) is 32.4 Å². The molecule has 4 rings (SSSR count). The molecule has 4 heterocycles. The molecular formula is C18H20N6. The Labute approximate surface area is 141 Å². The number of hydrogen-bond donors (Lipinski definition) is 1. The van der Waals surface area contributed by atoms with Gasteiger partial charge in [-0.15, -0.1) is 0 Å². The highest BCUT2D eigenvalue weighted by Gasteiger charge is 2.31. The molecule has 0 aromatic carbocycles. The summed E-state index contributed by atoms with van der Waals surface area (Å²) in [4.78, 5) is 23.5. The number of pyridine rings is 1. The second-order valence-electron chi connectivity index (χ2n) is 5.99. The first kappa shape index (κ1) is 15.0. The minimum Gasteiger partial charge on any atom is -0.348 e. The van der Waals surface area contributed by atoms with Crippen LogP contribution in [0.2, 0.25) is 0 Å². The van der Waals surface area contributed by atoms with Gasteiger partial charge in [-0.05, 0) is 17.7 Å². The molecule has 6 heteroatoms. The number of hydrogen-bond acceptors (Lipinski definition) is 5. The van der Waals surface area contributed by atoms with E-state index in [1.807, 2.05) is 24.5 Å². The summed E-state index contributed by atoms with van der Waals surface area (Å²) >= 11 is 0. The molecule has 0 fully saturated rings. The molecule has 0 spiro atoms. The highest BCUT2D eigenvalue weighted by Crippen LogP contribution is 2.33. The molecule has 0 amide bonds. The minimum absolute atomic E-state index is 0.105. The van der Waals surface area contributed by atoms with E-state index in [0.29, 0.717) is 0 Å². The third kappa shape index (κ3) is 2.80. The van der Waals surface area contributed by atoms with E-state index in [1.165, 1.54) is 5.69 Å². The summed E-state index contributed by atoms with van der Waals surface area (Å²) in [6, 6.07) is 6.20. The van der Waals surface area contributed by atoms with Crippen molar-refractivity contribution in [1.29, 1.82) is 0 Å². The van der Waals surface area contributed by atoms with Crippen LogP contribution in [0.1, 0.15) is 41.4 Å². The topological polar surface area (TPSA) is 70.6 Å². The van der Waals surface area contributed by atoms with E-state index in [2.05, 4.69) is 42.8 Å². The zero-order valence-electron chi connectivity index (χ0n) is 13.7. The van der Waals surface area contributed by atoms with E-state index in [9.17, 15) is 0 Å². The van der Waals surface area contributed by atoms with Gasteiger partial charge in [0.2, 0.25) is 0 Å². The Morgan fingerprint density at radius 3 is 3.04 bits per heavy atom. The monoisotopic (exact) mass is 320 g/mol. The molecule has 3 aromatic heterocycles. The molecule has 0 aliphatic carbocycles. The van der Waals surface area contributed by atoms with Gasteiger partial charge in [-0.3, -0.25) is 9.88 Å². The van der Waals surface area contributed by atoms with Crippen molar-refractivity contribution >= 4 is 0 Å². The van der Waals surface area contributed by atoms with Crippen LogP contribution in [0.25, 0.3) is 0 Å². The maximum absolute atomic E-state index is 4.66. The molecule has 0 bridgehead atoms. The number of imidazole rings is 1. The predicted molar refractivity (Wildman–Crippen MR) is 90.2 cm³/mol. The fourth-order valence-corrected chi connectivity index (χ4v) is 3.31. The molecule has 1 aliphatic rings. The molecule has 1 aliphatic heterocycles. The number of aryl methyl sites for hydroxylation is 1. The first-order chi connectivity index (χ1) is 11.8. The summed E-state index contributed by atoms with van der Waals surface area (Å²) in [5, 5.41) is 0. The molecule has 3 aromatic rings. The zero-order valence-corrected chi connectivity index (χ0v) is 13.7. The Hall–Kier alpha value is -2.60. The Bertz CT molecular complexity index is 813. The first-order valence-electron chi connectivity index (χ1n) is 8.32. The lowest BCUT2D eigenvalue weighted by Crippen LogP contribution is -2.36. The van der Waals surface area contributed by atoms with E-state index in [-0.39, 0.29) is 6.04 Å². The standard InChI is InChI=1S/C18H20N6/c1-2-16-20-8-5-14(23-16)11-24-9-6-15-17(22-12-21-15)18(24)13-4-3-7-19-10-13/h3-5,7-8,10,12,18H,2,6,9,11H2,1H3,(H,21,22)/t18-/m0/s1. The van der Waals surface area contributed by atoms with Crippen LogP contribution in [-0.4, -0.2) is 36.4 Å². The lowest BCUT2D eigenvalue weighted by atomic mass is 9.96. The van der Waals surface area contributed by atoms with Crippen molar-refractivity contribution in [2.75, 3.05) is 6.54 Å². The van der Waals surface area contributed by atoms with Gasteiger partial charge < -0.3 is 4.98 Å². The predicted octanol–water partition coefficient (Wildman–Crippen LogP) is 2.30. The maximum atomic E-state index is 4.66. The fraction of sp³-hybridized carbons (Fsp3) is 0.333. The van der Waals surface area contributed by atoms with Gasteiger partial charge in [0.25, 0.3) is 0 Å². The summed E-state index contributed by atoms with van der Waals surface area (Å²) in [5.74, 6) is 0.892. The molecule has 0 saturated heterocycles. The van der Waals surface area contributed by atoms with E-state index in [1.54, 1.807) is 12.5 Å². The van der Waals surface area contributed by atoms with Gasteiger partial charge in [0, 0.05) is 50.2 Å². The molecule has 1 atom stereocenters. The van der Waals surface area contributed by atoms with E-state index in [4.69, 9.17) is 0 Å². The van der Waals surface area contributed by atoms with Gasteiger partial charge in [-0.1, -0.05) is 13.0 Å². The fourth-order valence-electron chi connectivity index (χ4n) is 3.31. The van der Waals surface area contributed by atoms with Gasteiger partial charge in [0.05, 0.1) is 23.8 Å². The number of aromatic nitrogens is 5. The van der Waals surface area contributed by atoms with Gasteiger partial charge in [-0.25, -0.2) is 15.0 Å². The molecule has 6 nitrogen and oxygen atoms in total. The molecule has 0 radical (unpaired) electrons. The number of aromatic amines is 1. The Balaban J connectivity index is 1.68. The van der Waals surface area contributed by atoms with Crippen LogP contribution in [0.4, 0.5) is 0 Å². The summed E-state index contributed by atoms with van der Waals surface area (Å²) in [5.41, 5.74) is 4.53. The normalized spacial score (nSPS) is 17.6. The summed E-state index contributed by atoms with van der Waals surface area (Å²) in [7, 11) is 0. The van der Waals surface area contributed by atoms with Crippen molar-refractivity contribution in [1.82, 2.24) is 29.8 Å². The molecule has 0 unspecified atom stereocenters. The summed E-state index contributed by atoms with van der Waals surface area (Å²) < 4.78 is 0. The van der Waals surface area contributed by atoms with Gasteiger partial charge in [-0.2, -0.15) is 0 Å². The second kappa shape index (κ2) is 6.49. The van der Waals surface area contributed by atoms with Gasteiger partial charge >= 0.3 is 0 Å². The van der Waals surface area contributed by atoms with Crippen LogP contribution in [0.3, 0.4) is 0 Å². The number of rotatable bonds is 4. The van der Waals surface area contributed by atoms with Crippen molar-refractivity contribution < 1.29 is 0 Å². The molecule has 24 heavy (non-hydrogen) atoms. The van der Waals surface area contributed by atoms with Gasteiger partial charge in [0.1, 0.15) is 5.82 Å². The minimum atomic E-state index is 0.105. The third-order valence-electron chi connectivity index (χ3n) is 4.47. The van der Waals surface area contributed by atoms with Crippen LogP contribution in [0.15, 0.2) is 43.1 Å². The molecule has 122 valence electrons. The highest BCUT2D eigenvalue weighted by molar-refractivity contribution is 5.31. The van der Waals surface area contributed by atoms with Crippen LogP contribution in [0.5, 0.6) is 0 Å². The van der Waals surface area contributed by atoms with Crippen molar-refractivity contribution in [3.8, 4) is 0 Å². The average molecular weight is 320 g/mol. The van der Waals surface area contributed by atoms with Crippen molar-refractivity contribution in [2.24, 2.45) is 0 Å². The van der Waals surface area contributed by atoms with Crippen LogP contribution >= 0.6 is 0 Å². The van der Waals surface area contributed by atoms with Crippen LogP contribution in [-0.2, 0) is 19.4 Å². The Morgan fingerprint density at radius 1 is 1.25 bits per heavy atom. The zero-order chi connectivity index (χ0) is 16.4. The smallest absolute Gasteiger partial charge is 0.128 e. The number of H-pyrrole nitrogens is 1. The van der Waals surface area contributed by atoms with Crippen molar-refractivity contribution in [3.05, 3.63) is 71.6 Å². The number of nitrogens with one attached hydrogen (secondary N) is 1. The average Bonchev–Trinajstić information content (AvgIpc) is 3.11. The molecule has 0 saturated carbocycles. The summed E-state index contributed by atoms with van der Waals surface area (Å²) in [6.45, 7) is 3.82. The lowest BCUT2D eigenvalue weighted by molar-refractivity contribution is 0.197. The van der Waals surface area contributed by atoms with Crippen LogP contribution < -0.4 is 0 Å². The third-order valence-corrected chi connectivity index (χ3v) is 4.47. The number of fused-ring (bicyclic) bond motifs is 1. The molecular weight excluding hydrogens is 300 g/mol. The molecule has 1 N–H and O–H groups in total. The van der Waals surface area contributed by atoms with Crippen molar-refractivity contribution in [3.63, 3.8) is 0 Å². The SMILES string of the molecule is CCc1nccc(CN2CCc3[nH]cnc3[C@@H]2c2cccnc2)n1. The Kier molecular flexibility index (Phi) is 4.04. The number of nitrogens with zero attached hydrogens (tertiary/aromatic N) is 5.